The van der Waals surface area contributed by atoms with Gasteiger partial charge in [0.1, 0.15) is 12.3 Å². The van der Waals surface area contributed by atoms with Crippen molar-refractivity contribution < 1.29 is 23.9 Å². The summed E-state index contributed by atoms with van der Waals surface area (Å²) in [7, 11) is 1.24. The zero-order valence-electron chi connectivity index (χ0n) is 14.0. The summed E-state index contributed by atoms with van der Waals surface area (Å²) in [5.74, 6) is -0.684. The molecule has 0 saturated carbocycles. The smallest absolute Gasteiger partial charge is 0.325 e. The van der Waals surface area contributed by atoms with Crippen LogP contribution in [0.5, 0.6) is 5.75 Å². The maximum absolute atomic E-state index is 11.9. The van der Waals surface area contributed by atoms with Gasteiger partial charge >= 0.3 is 5.97 Å². The zero-order valence-corrected chi connectivity index (χ0v) is 15.5. The number of benzene rings is 2. The van der Waals surface area contributed by atoms with E-state index >= 15 is 0 Å². The van der Waals surface area contributed by atoms with E-state index in [2.05, 4.69) is 31.3 Å². The number of nitrogens with one attached hydrogen (secondary N) is 2. The van der Waals surface area contributed by atoms with E-state index in [-0.39, 0.29) is 19.1 Å². The first-order valence-corrected chi connectivity index (χ1v) is 8.40. The van der Waals surface area contributed by atoms with Crippen LogP contribution in [0.4, 0.5) is 5.69 Å². The average Bonchev–Trinajstić information content (AvgIpc) is 2.66. The molecule has 26 heavy (non-hydrogen) atoms. The number of carbonyl (C=O) groups excluding carboxylic acids is 3. The summed E-state index contributed by atoms with van der Waals surface area (Å²) >= 11 is 3.32. The lowest BCUT2D eigenvalue weighted by Gasteiger charge is -2.08. The minimum absolute atomic E-state index is 0.136. The Morgan fingerprint density at radius 2 is 1.65 bits per heavy atom. The molecular formula is C18H17BrN2O5. The summed E-state index contributed by atoms with van der Waals surface area (Å²) in [6, 6.07) is 13.4. The third kappa shape index (κ3) is 6.21. The lowest BCUT2D eigenvalue weighted by atomic mass is 10.2. The Morgan fingerprint density at radius 1 is 1.00 bits per heavy atom. The molecule has 2 amide bonds. The molecular weight excluding hydrogens is 404 g/mol. The van der Waals surface area contributed by atoms with Crippen LogP contribution in [0.15, 0.2) is 53.0 Å². The first-order valence-electron chi connectivity index (χ1n) is 7.61. The van der Waals surface area contributed by atoms with Crippen molar-refractivity contribution in [2.45, 2.75) is 0 Å². The van der Waals surface area contributed by atoms with Crippen LogP contribution in [0.25, 0.3) is 0 Å². The van der Waals surface area contributed by atoms with E-state index in [9.17, 15) is 14.4 Å². The fourth-order valence-corrected chi connectivity index (χ4v) is 2.17. The maximum atomic E-state index is 11.9. The predicted octanol–water partition coefficient (Wildman–Crippen LogP) is 2.37. The van der Waals surface area contributed by atoms with E-state index in [0.717, 1.165) is 4.47 Å². The number of amides is 2. The standard InChI is InChI=1S/C18H17BrN2O5/c1-25-17(23)10-20-18(24)12-2-6-14(7-3-12)21-16(22)11-26-15-8-4-13(19)5-9-15/h2-9H,10-11H2,1H3,(H,20,24)(H,21,22). The monoisotopic (exact) mass is 420 g/mol. The third-order valence-electron chi connectivity index (χ3n) is 3.24. The fourth-order valence-electron chi connectivity index (χ4n) is 1.91. The number of halogens is 1. The molecule has 0 radical (unpaired) electrons. The zero-order chi connectivity index (χ0) is 18.9. The van der Waals surface area contributed by atoms with Gasteiger partial charge in [-0.1, -0.05) is 15.9 Å². The lowest BCUT2D eigenvalue weighted by molar-refractivity contribution is -0.139. The summed E-state index contributed by atoms with van der Waals surface area (Å²) in [6.07, 6.45) is 0. The number of carbonyl (C=O) groups is 3. The second kappa shape index (κ2) is 9.57. The Balaban J connectivity index is 1.82. The number of anilines is 1. The molecule has 0 fully saturated rings. The van der Waals surface area contributed by atoms with E-state index < -0.39 is 11.9 Å². The quantitative estimate of drug-likeness (QED) is 0.670. The molecule has 136 valence electrons. The number of ether oxygens (including phenoxy) is 2. The Labute approximate surface area is 158 Å². The van der Waals surface area contributed by atoms with Gasteiger partial charge in [-0.05, 0) is 48.5 Å². The van der Waals surface area contributed by atoms with Crippen molar-refractivity contribution in [3.63, 3.8) is 0 Å². The van der Waals surface area contributed by atoms with Crippen molar-refractivity contribution in [3.05, 3.63) is 58.6 Å². The second-order valence-electron chi connectivity index (χ2n) is 5.13. The van der Waals surface area contributed by atoms with Gasteiger partial charge in [-0.25, -0.2) is 0 Å². The first-order chi connectivity index (χ1) is 12.5. The molecule has 0 atom stereocenters. The average molecular weight is 421 g/mol. The normalized spacial score (nSPS) is 9.92. The second-order valence-corrected chi connectivity index (χ2v) is 6.04. The van der Waals surface area contributed by atoms with Crippen LogP contribution in [0.2, 0.25) is 0 Å². The summed E-state index contributed by atoms with van der Waals surface area (Å²) in [5, 5.41) is 5.10. The topological polar surface area (TPSA) is 93.7 Å². The Kier molecular flexibility index (Phi) is 7.16. The van der Waals surface area contributed by atoms with E-state index in [1.807, 2.05) is 12.1 Å². The van der Waals surface area contributed by atoms with Gasteiger partial charge in [0.2, 0.25) is 0 Å². The highest BCUT2D eigenvalue weighted by Crippen LogP contribution is 2.16. The molecule has 0 aromatic heterocycles. The van der Waals surface area contributed by atoms with Gasteiger partial charge in [0.25, 0.3) is 11.8 Å². The molecule has 0 heterocycles. The van der Waals surface area contributed by atoms with Crippen LogP contribution in [0.3, 0.4) is 0 Å². The molecule has 0 unspecified atom stereocenters. The molecule has 0 aliphatic heterocycles. The summed E-state index contributed by atoms with van der Waals surface area (Å²) in [5.41, 5.74) is 0.886. The SMILES string of the molecule is COC(=O)CNC(=O)c1ccc(NC(=O)COc2ccc(Br)cc2)cc1. The van der Waals surface area contributed by atoms with E-state index in [1.54, 1.807) is 24.3 Å². The van der Waals surface area contributed by atoms with Gasteiger partial charge in [0, 0.05) is 15.7 Å². The van der Waals surface area contributed by atoms with Gasteiger partial charge in [0.05, 0.1) is 7.11 Å². The molecule has 0 saturated heterocycles. The number of esters is 1. The summed E-state index contributed by atoms with van der Waals surface area (Å²) < 4.78 is 10.7. The van der Waals surface area contributed by atoms with Crippen LogP contribution < -0.4 is 15.4 Å². The molecule has 7 nitrogen and oxygen atoms in total. The predicted molar refractivity (Wildman–Crippen MR) is 99.1 cm³/mol. The van der Waals surface area contributed by atoms with Gasteiger partial charge < -0.3 is 20.1 Å². The van der Waals surface area contributed by atoms with Crippen LogP contribution in [0, 0.1) is 0 Å². The molecule has 0 spiro atoms. The molecule has 2 aromatic rings. The Hall–Kier alpha value is -2.87. The van der Waals surface area contributed by atoms with E-state index in [4.69, 9.17) is 4.74 Å². The third-order valence-corrected chi connectivity index (χ3v) is 3.76. The highest BCUT2D eigenvalue weighted by Gasteiger charge is 2.09. The lowest BCUT2D eigenvalue weighted by Crippen LogP contribution is -2.30. The number of hydrogen-bond donors (Lipinski definition) is 2. The highest BCUT2D eigenvalue weighted by molar-refractivity contribution is 9.10. The van der Waals surface area contributed by atoms with Gasteiger partial charge in [-0.15, -0.1) is 0 Å². The minimum atomic E-state index is -0.534. The molecule has 2 rings (SSSR count). The van der Waals surface area contributed by atoms with Gasteiger partial charge in [0.15, 0.2) is 6.61 Å². The highest BCUT2D eigenvalue weighted by atomic mass is 79.9. The van der Waals surface area contributed by atoms with Crippen molar-refractivity contribution in [1.82, 2.24) is 5.32 Å². The Morgan fingerprint density at radius 3 is 2.27 bits per heavy atom. The molecule has 0 aliphatic rings. The Bertz CT molecular complexity index is 775. The van der Waals surface area contributed by atoms with Crippen LogP contribution >= 0.6 is 15.9 Å². The number of methoxy groups -OCH3 is 1. The molecule has 0 bridgehead atoms. The van der Waals surface area contributed by atoms with Crippen molar-refractivity contribution in [1.29, 1.82) is 0 Å². The molecule has 2 N–H and O–H groups in total. The van der Waals surface area contributed by atoms with Gasteiger partial charge in [-0.2, -0.15) is 0 Å². The molecule has 2 aromatic carbocycles. The van der Waals surface area contributed by atoms with E-state index in [0.29, 0.717) is 17.0 Å². The molecule has 0 aliphatic carbocycles. The van der Waals surface area contributed by atoms with Crippen molar-refractivity contribution in [2.75, 3.05) is 25.6 Å². The van der Waals surface area contributed by atoms with Crippen LogP contribution in [0.1, 0.15) is 10.4 Å². The summed E-state index contributed by atoms with van der Waals surface area (Å²) in [6.45, 7) is -0.343. The molecule has 8 heteroatoms. The fraction of sp³-hybridized carbons (Fsp3) is 0.167. The minimum Gasteiger partial charge on any atom is -0.484 e. The first kappa shape index (κ1) is 19.5. The number of hydrogen-bond acceptors (Lipinski definition) is 5. The van der Waals surface area contributed by atoms with Crippen LogP contribution in [-0.2, 0) is 14.3 Å². The summed E-state index contributed by atoms with van der Waals surface area (Å²) in [4.78, 5) is 34.8. The largest absolute Gasteiger partial charge is 0.484 e. The van der Waals surface area contributed by atoms with Crippen molar-refractivity contribution in [3.8, 4) is 5.75 Å². The van der Waals surface area contributed by atoms with Crippen molar-refractivity contribution >= 4 is 39.4 Å². The van der Waals surface area contributed by atoms with E-state index in [1.165, 1.54) is 19.2 Å². The number of rotatable bonds is 7. The maximum Gasteiger partial charge on any atom is 0.325 e. The van der Waals surface area contributed by atoms with Gasteiger partial charge in [-0.3, -0.25) is 14.4 Å². The van der Waals surface area contributed by atoms with Crippen molar-refractivity contribution in [2.24, 2.45) is 0 Å². The van der Waals surface area contributed by atoms with Crippen LogP contribution in [-0.4, -0.2) is 38.0 Å².